The lowest BCUT2D eigenvalue weighted by Gasteiger charge is -2.26. The highest BCUT2D eigenvalue weighted by Gasteiger charge is 2.46. The summed E-state index contributed by atoms with van der Waals surface area (Å²) < 4.78 is 6.35. The molecular weight excluding hydrogens is 330 g/mol. The van der Waals surface area contributed by atoms with Crippen LogP contribution in [0.1, 0.15) is 28.3 Å². The molecular formula is C20H27N3OS. The van der Waals surface area contributed by atoms with E-state index >= 15 is 0 Å². The van der Waals surface area contributed by atoms with E-state index in [-0.39, 0.29) is 5.60 Å². The van der Waals surface area contributed by atoms with Gasteiger partial charge in [0, 0.05) is 48.2 Å². The van der Waals surface area contributed by atoms with Gasteiger partial charge in [-0.2, -0.15) is 0 Å². The van der Waals surface area contributed by atoms with E-state index in [1.54, 1.807) is 0 Å². The van der Waals surface area contributed by atoms with Crippen LogP contribution in [0.5, 0.6) is 0 Å². The lowest BCUT2D eigenvalue weighted by molar-refractivity contribution is 0.0103. The van der Waals surface area contributed by atoms with Gasteiger partial charge in [0.15, 0.2) is 0 Å². The minimum atomic E-state index is 0.0648. The van der Waals surface area contributed by atoms with Crippen molar-refractivity contribution in [2.75, 3.05) is 26.7 Å². The van der Waals surface area contributed by atoms with Crippen molar-refractivity contribution in [3.63, 3.8) is 0 Å². The number of thiophene rings is 1. The minimum Gasteiger partial charge on any atom is -0.372 e. The van der Waals surface area contributed by atoms with E-state index in [4.69, 9.17) is 4.74 Å². The molecule has 0 N–H and O–H groups in total. The van der Waals surface area contributed by atoms with Gasteiger partial charge in [0.2, 0.25) is 0 Å². The molecule has 2 aromatic heterocycles. The molecule has 2 saturated heterocycles. The van der Waals surface area contributed by atoms with Crippen LogP contribution in [0, 0.1) is 6.92 Å². The maximum Gasteiger partial charge on any atom is 0.0837 e. The van der Waals surface area contributed by atoms with Gasteiger partial charge < -0.3 is 4.74 Å². The van der Waals surface area contributed by atoms with E-state index in [2.05, 4.69) is 53.0 Å². The third kappa shape index (κ3) is 3.95. The SMILES string of the molecule is Cc1ccc(CN2CCC3(CC(N(C)Cc4ccccn4)CO3)C2)s1. The predicted octanol–water partition coefficient (Wildman–Crippen LogP) is 3.32. The van der Waals surface area contributed by atoms with Crippen molar-refractivity contribution in [1.29, 1.82) is 0 Å². The molecule has 2 fully saturated rings. The molecule has 1 spiro atoms. The third-order valence-electron chi connectivity index (χ3n) is 5.52. The quantitative estimate of drug-likeness (QED) is 0.821. The number of likely N-dealkylation sites (tertiary alicyclic amines) is 1. The van der Waals surface area contributed by atoms with Crippen molar-refractivity contribution in [2.24, 2.45) is 0 Å². The number of ether oxygens (including phenoxy) is 1. The first-order valence-corrected chi connectivity index (χ1v) is 9.95. The molecule has 0 bridgehead atoms. The molecule has 2 aliphatic heterocycles. The second-order valence-corrected chi connectivity index (χ2v) is 8.93. The summed E-state index contributed by atoms with van der Waals surface area (Å²) in [6, 6.07) is 11.1. The summed E-state index contributed by atoms with van der Waals surface area (Å²) in [5, 5.41) is 0. The molecule has 0 aromatic carbocycles. The maximum atomic E-state index is 6.35. The van der Waals surface area contributed by atoms with E-state index in [0.29, 0.717) is 6.04 Å². The number of likely N-dealkylation sites (N-methyl/N-ethyl adjacent to an activating group) is 1. The van der Waals surface area contributed by atoms with E-state index in [1.165, 1.54) is 9.75 Å². The summed E-state index contributed by atoms with van der Waals surface area (Å²) in [5.74, 6) is 0. The van der Waals surface area contributed by atoms with Crippen LogP contribution < -0.4 is 0 Å². The second-order valence-electron chi connectivity index (χ2n) is 7.56. The monoisotopic (exact) mass is 357 g/mol. The zero-order valence-corrected chi connectivity index (χ0v) is 16.0. The summed E-state index contributed by atoms with van der Waals surface area (Å²) in [6.07, 6.45) is 4.17. The predicted molar refractivity (Wildman–Crippen MR) is 102 cm³/mol. The minimum absolute atomic E-state index is 0.0648. The van der Waals surface area contributed by atoms with Crippen LogP contribution in [0.15, 0.2) is 36.5 Å². The van der Waals surface area contributed by atoms with Crippen LogP contribution in [0.2, 0.25) is 0 Å². The molecule has 0 amide bonds. The van der Waals surface area contributed by atoms with Crippen molar-refractivity contribution in [1.82, 2.24) is 14.8 Å². The largest absolute Gasteiger partial charge is 0.372 e. The second kappa shape index (κ2) is 7.16. The molecule has 134 valence electrons. The van der Waals surface area contributed by atoms with Crippen molar-refractivity contribution in [3.05, 3.63) is 52.0 Å². The number of hydrogen-bond donors (Lipinski definition) is 0. The van der Waals surface area contributed by atoms with Gasteiger partial charge in [0.25, 0.3) is 0 Å². The lowest BCUT2D eigenvalue weighted by Crippen LogP contribution is -2.36. The van der Waals surface area contributed by atoms with Crippen LogP contribution in [-0.4, -0.2) is 53.2 Å². The van der Waals surface area contributed by atoms with Crippen molar-refractivity contribution < 1.29 is 4.74 Å². The number of aryl methyl sites for hydroxylation is 1. The zero-order valence-electron chi connectivity index (χ0n) is 15.1. The first-order chi connectivity index (χ1) is 12.1. The van der Waals surface area contributed by atoms with Crippen molar-refractivity contribution in [3.8, 4) is 0 Å². The Morgan fingerprint density at radius 3 is 3.04 bits per heavy atom. The standard InChI is InChI=1S/C20H27N3OS/c1-16-6-7-19(25-16)13-23-10-8-20(15-23)11-18(14-24-20)22(2)12-17-5-3-4-9-21-17/h3-7,9,18H,8,10-15H2,1-2H3. The number of nitrogens with zero attached hydrogens (tertiary/aromatic N) is 3. The van der Waals surface area contributed by atoms with E-state index in [9.17, 15) is 0 Å². The fraction of sp³-hybridized carbons (Fsp3) is 0.550. The highest BCUT2D eigenvalue weighted by atomic mass is 32.1. The molecule has 2 aliphatic rings. The van der Waals surface area contributed by atoms with Crippen LogP contribution in [0.3, 0.4) is 0 Å². The van der Waals surface area contributed by atoms with Crippen LogP contribution >= 0.6 is 11.3 Å². The molecule has 5 heteroatoms. The summed E-state index contributed by atoms with van der Waals surface area (Å²) >= 11 is 1.91. The van der Waals surface area contributed by atoms with E-state index in [1.807, 2.05) is 23.6 Å². The van der Waals surface area contributed by atoms with Crippen molar-refractivity contribution >= 4 is 11.3 Å². The Kier molecular flexibility index (Phi) is 4.91. The summed E-state index contributed by atoms with van der Waals surface area (Å²) in [6.45, 7) is 7.20. The van der Waals surface area contributed by atoms with Gasteiger partial charge in [-0.25, -0.2) is 0 Å². The first-order valence-electron chi connectivity index (χ1n) is 9.14. The Hall–Kier alpha value is -1.27. The number of hydrogen-bond acceptors (Lipinski definition) is 5. The Bertz CT molecular complexity index is 704. The lowest BCUT2D eigenvalue weighted by atomic mass is 9.96. The fourth-order valence-electron chi connectivity index (χ4n) is 4.12. The molecule has 4 heterocycles. The highest BCUT2D eigenvalue weighted by molar-refractivity contribution is 7.11. The number of aromatic nitrogens is 1. The highest BCUT2D eigenvalue weighted by Crippen LogP contribution is 2.37. The molecule has 0 radical (unpaired) electrons. The topological polar surface area (TPSA) is 28.6 Å². The normalized spacial score (nSPS) is 26.9. The molecule has 25 heavy (non-hydrogen) atoms. The molecule has 2 unspecified atom stereocenters. The fourth-order valence-corrected chi connectivity index (χ4v) is 5.05. The smallest absolute Gasteiger partial charge is 0.0837 e. The summed E-state index contributed by atoms with van der Waals surface area (Å²) in [4.78, 5) is 12.3. The van der Waals surface area contributed by atoms with Gasteiger partial charge in [0.1, 0.15) is 0 Å². The molecule has 4 nitrogen and oxygen atoms in total. The van der Waals surface area contributed by atoms with Gasteiger partial charge in [-0.15, -0.1) is 11.3 Å². The maximum absolute atomic E-state index is 6.35. The zero-order chi connectivity index (χ0) is 17.3. The summed E-state index contributed by atoms with van der Waals surface area (Å²) in [5.41, 5.74) is 1.20. The molecule has 2 atom stereocenters. The number of pyridine rings is 1. The van der Waals surface area contributed by atoms with Crippen LogP contribution in [-0.2, 0) is 17.8 Å². The van der Waals surface area contributed by atoms with Gasteiger partial charge in [-0.1, -0.05) is 6.07 Å². The van der Waals surface area contributed by atoms with Gasteiger partial charge in [0.05, 0.1) is 17.9 Å². The average molecular weight is 358 g/mol. The molecule has 0 saturated carbocycles. The third-order valence-corrected chi connectivity index (χ3v) is 6.51. The Labute approximate surface area is 154 Å². The van der Waals surface area contributed by atoms with Crippen LogP contribution in [0.4, 0.5) is 0 Å². The van der Waals surface area contributed by atoms with Gasteiger partial charge in [-0.3, -0.25) is 14.8 Å². The Morgan fingerprint density at radius 1 is 1.36 bits per heavy atom. The molecule has 0 aliphatic carbocycles. The van der Waals surface area contributed by atoms with Gasteiger partial charge >= 0.3 is 0 Å². The Balaban J connectivity index is 1.32. The van der Waals surface area contributed by atoms with Gasteiger partial charge in [-0.05, 0) is 51.1 Å². The van der Waals surface area contributed by atoms with E-state index in [0.717, 1.165) is 51.3 Å². The molecule has 4 rings (SSSR count). The van der Waals surface area contributed by atoms with E-state index < -0.39 is 0 Å². The average Bonchev–Trinajstić information content (AvgIpc) is 3.31. The summed E-state index contributed by atoms with van der Waals surface area (Å²) in [7, 11) is 2.20. The van der Waals surface area contributed by atoms with Crippen LogP contribution in [0.25, 0.3) is 0 Å². The molecule has 2 aromatic rings. The number of rotatable bonds is 5. The Morgan fingerprint density at radius 2 is 2.28 bits per heavy atom. The van der Waals surface area contributed by atoms with Crippen molar-refractivity contribution in [2.45, 2.75) is 44.5 Å². The first kappa shape index (κ1) is 17.2.